The molecule has 0 aliphatic rings. The van der Waals surface area contributed by atoms with Crippen molar-refractivity contribution < 1.29 is 4.39 Å². The van der Waals surface area contributed by atoms with Gasteiger partial charge in [0.15, 0.2) is 0 Å². The van der Waals surface area contributed by atoms with E-state index >= 15 is 0 Å². The second-order valence-electron chi connectivity index (χ2n) is 4.82. The second kappa shape index (κ2) is 4.84. The Morgan fingerprint density at radius 2 is 1.75 bits per heavy atom. The molecule has 0 aliphatic carbocycles. The lowest BCUT2D eigenvalue weighted by Crippen LogP contribution is -2.16. The Bertz CT molecular complexity index is 116. The molecule has 0 aromatic rings. The lowest BCUT2D eigenvalue weighted by Gasteiger charge is -2.24. The van der Waals surface area contributed by atoms with Crippen molar-refractivity contribution in [1.82, 2.24) is 0 Å². The highest BCUT2D eigenvalue weighted by Gasteiger charge is 2.19. The van der Waals surface area contributed by atoms with Gasteiger partial charge < -0.3 is 0 Å². The minimum absolute atomic E-state index is 0.178. The smallest absolute Gasteiger partial charge is 0.102 e. The molecule has 0 fully saturated rings. The summed E-state index contributed by atoms with van der Waals surface area (Å²) in [5.74, 6) is 0.178. The molecule has 74 valence electrons. The van der Waals surface area contributed by atoms with Crippen LogP contribution < -0.4 is 0 Å². The van der Waals surface area contributed by atoms with Crippen LogP contribution in [0.5, 0.6) is 0 Å². The van der Waals surface area contributed by atoms with Gasteiger partial charge in [-0.1, -0.05) is 41.0 Å². The molecule has 0 spiro atoms. The second-order valence-corrected chi connectivity index (χ2v) is 4.82. The van der Waals surface area contributed by atoms with Crippen molar-refractivity contribution in [2.75, 3.05) is 0 Å². The van der Waals surface area contributed by atoms with Crippen molar-refractivity contribution in [2.24, 2.45) is 11.3 Å². The van der Waals surface area contributed by atoms with Crippen LogP contribution in [0.1, 0.15) is 53.9 Å². The SMILES string of the molecule is CCC(C)(C)CC[C@@H](F)C(C)C. The van der Waals surface area contributed by atoms with Gasteiger partial charge in [-0.05, 0) is 24.2 Å². The molecule has 0 unspecified atom stereocenters. The highest BCUT2D eigenvalue weighted by Crippen LogP contribution is 2.28. The van der Waals surface area contributed by atoms with Crippen LogP contribution in [-0.2, 0) is 0 Å². The summed E-state index contributed by atoms with van der Waals surface area (Å²) in [5, 5.41) is 0. The molecule has 0 nitrogen and oxygen atoms in total. The minimum atomic E-state index is -0.615. The third-order valence-electron chi connectivity index (χ3n) is 2.78. The molecule has 0 aromatic carbocycles. The summed E-state index contributed by atoms with van der Waals surface area (Å²) in [6, 6.07) is 0. The van der Waals surface area contributed by atoms with Crippen LogP contribution in [0.15, 0.2) is 0 Å². The monoisotopic (exact) mass is 174 g/mol. The predicted molar refractivity (Wildman–Crippen MR) is 53.0 cm³/mol. The van der Waals surface area contributed by atoms with Gasteiger partial charge in [-0.15, -0.1) is 0 Å². The number of alkyl halides is 1. The molecule has 0 radical (unpaired) electrons. The third-order valence-corrected chi connectivity index (χ3v) is 2.78. The zero-order chi connectivity index (χ0) is 9.78. The number of rotatable bonds is 5. The normalized spacial score (nSPS) is 15.2. The van der Waals surface area contributed by atoms with E-state index in [1.807, 2.05) is 13.8 Å². The van der Waals surface area contributed by atoms with Gasteiger partial charge in [0, 0.05) is 0 Å². The van der Waals surface area contributed by atoms with Gasteiger partial charge in [0.25, 0.3) is 0 Å². The van der Waals surface area contributed by atoms with E-state index < -0.39 is 6.17 Å². The summed E-state index contributed by atoms with van der Waals surface area (Å²) in [4.78, 5) is 0. The average Bonchev–Trinajstić information content (AvgIpc) is 2.00. The fraction of sp³-hybridized carbons (Fsp3) is 1.00. The van der Waals surface area contributed by atoms with Gasteiger partial charge >= 0.3 is 0 Å². The van der Waals surface area contributed by atoms with E-state index in [-0.39, 0.29) is 5.92 Å². The molecule has 1 atom stereocenters. The molecule has 1 heteroatoms. The first kappa shape index (κ1) is 11.9. The minimum Gasteiger partial charge on any atom is -0.247 e. The lowest BCUT2D eigenvalue weighted by atomic mass is 9.83. The summed E-state index contributed by atoms with van der Waals surface area (Å²) in [5.41, 5.74) is 0.319. The van der Waals surface area contributed by atoms with Gasteiger partial charge in [-0.2, -0.15) is 0 Å². The molecule has 0 N–H and O–H groups in total. The van der Waals surface area contributed by atoms with Crippen molar-refractivity contribution in [3.8, 4) is 0 Å². The summed E-state index contributed by atoms with van der Waals surface area (Å²) < 4.78 is 13.2. The standard InChI is InChI=1S/C11H23F/c1-6-11(4,5)8-7-10(12)9(2)3/h9-10H,6-8H2,1-5H3/t10-/m1/s1. The van der Waals surface area contributed by atoms with E-state index in [0.717, 1.165) is 19.3 Å². The fourth-order valence-electron chi connectivity index (χ4n) is 1.04. The average molecular weight is 174 g/mol. The van der Waals surface area contributed by atoms with Crippen LogP contribution in [0.2, 0.25) is 0 Å². The van der Waals surface area contributed by atoms with Crippen molar-refractivity contribution in [2.45, 2.75) is 60.1 Å². The predicted octanol–water partition coefficient (Wildman–Crippen LogP) is 4.20. The maximum absolute atomic E-state index is 13.2. The van der Waals surface area contributed by atoms with Crippen LogP contribution in [0.4, 0.5) is 4.39 Å². The summed E-state index contributed by atoms with van der Waals surface area (Å²) in [6.07, 6.45) is 2.25. The van der Waals surface area contributed by atoms with E-state index in [4.69, 9.17) is 0 Å². The topological polar surface area (TPSA) is 0 Å². The third kappa shape index (κ3) is 4.74. The number of hydrogen-bond donors (Lipinski definition) is 0. The Morgan fingerprint density at radius 3 is 2.08 bits per heavy atom. The molecule has 12 heavy (non-hydrogen) atoms. The van der Waals surface area contributed by atoms with E-state index in [9.17, 15) is 4.39 Å². The molecule has 0 bridgehead atoms. The van der Waals surface area contributed by atoms with E-state index in [1.165, 1.54) is 0 Å². The summed E-state index contributed by atoms with van der Waals surface area (Å²) >= 11 is 0. The molecule has 0 aromatic heterocycles. The van der Waals surface area contributed by atoms with Crippen LogP contribution >= 0.6 is 0 Å². The van der Waals surface area contributed by atoms with E-state index in [2.05, 4.69) is 20.8 Å². The molecular weight excluding hydrogens is 151 g/mol. The van der Waals surface area contributed by atoms with Crippen LogP contribution in [-0.4, -0.2) is 6.17 Å². The maximum atomic E-state index is 13.2. The zero-order valence-electron chi connectivity index (χ0n) is 9.15. The van der Waals surface area contributed by atoms with E-state index in [1.54, 1.807) is 0 Å². The Hall–Kier alpha value is -0.0700. The molecular formula is C11H23F. The van der Waals surface area contributed by atoms with Crippen molar-refractivity contribution in [3.05, 3.63) is 0 Å². The number of hydrogen-bond acceptors (Lipinski definition) is 0. The van der Waals surface area contributed by atoms with Gasteiger partial charge in [0.2, 0.25) is 0 Å². The Morgan fingerprint density at radius 1 is 1.25 bits per heavy atom. The molecule has 0 rings (SSSR count). The summed E-state index contributed by atoms with van der Waals surface area (Å²) in [6.45, 7) is 10.5. The van der Waals surface area contributed by atoms with Gasteiger partial charge in [-0.25, -0.2) is 4.39 Å². The quantitative estimate of drug-likeness (QED) is 0.586. The van der Waals surface area contributed by atoms with Gasteiger partial charge in [0.05, 0.1) is 0 Å². The van der Waals surface area contributed by atoms with Crippen molar-refractivity contribution in [1.29, 1.82) is 0 Å². The summed E-state index contributed by atoms with van der Waals surface area (Å²) in [7, 11) is 0. The fourth-order valence-corrected chi connectivity index (χ4v) is 1.04. The van der Waals surface area contributed by atoms with Gasteiger partial charge in [-0.3, -0.25) is 0 Å². The first-order chi connectivity index (χ1) is 5.39. The molecule has 0 saturated carbocycles. The van der Waals surface area contributed by atoms with Crippen LogP contribution in [0, 0.1) is 11.3 Å². The van der Waals surface area contributed by atoms with Crippen molar-refractivity contribution >= 4 is 0 Å². The lowest BCUT2D eigenvalue weighted by molar-refractivity contribution is 0.197. The molecule has 0 saturated heterocycles. The molecule has 0 heterocycles. The highest BCUT2D eigenvalue weighted by molar-refractivity contribution is 4.70. The first-order valence-corrected chi connectivity index (χ1v) is 5.03. The first-order valence-electron chi connectivity index (χ1n) is 5.03. The van der Waals surface area contributed by atoms with Crippen LogP contribution in [0.3, 0.4) is 0 Å². The molecule has 0 amide bonds. The zero-order valence-corrected chi connectivity index (χ0v) is 9.15. The highest BCUT2D eigenvalue weighted by atomic mass is 19.1. The molecule has 0 aliphatic heterocycles. The Balaban J connectivity index is 3.67. The van der Waals surface area contributed by atoms with Crippen LogP contribution in [0.25, 0.3) is 0 Å². The van der Waals surface area contributed by atoms with Gasteiger partial charge in [0.1, 0.15) is 6.17 Å². The van der Waals surface area contributed by atoms with Crippen molar-refractivity contribution in [3.63, 3.8) is 0 Å². The Labute approximate surface area is 76.6 Å². The largest absolute Gasteiger partial charge is 0.247 e. The number of halogens is 1. The van der Waals surface area contributed by atoms with E-state index in [0.29, 0.717) is 5.41 Å². The maximum Gasteiger partial charge on any atom is 0.102 e. The Kier molecular flexibility index (Phi) is 4.81.